The summed E-state index contributed by atoms with van der Waals surface area (Å²) in [7, 11) is 1.21. The third kappa shape index (κ3) is 7.06. The summed E-state index contributed by atoms with van der Waals surface area (Å²) in [6.45, 7) is 10.3. The highest BCUT2D eigenvalue weighted by atomic mass is 16.5. The Morgan fingerprint density at radius 1 is 1.05 bits per heavy atom. The van der Waals surface area contributed by atoms with Gasteiger partial charge in [0.1, 0.15) is 6.61 Å². The molecule has 0 aromatic heterocycles. The zero-order chi connectivity index (χ0) is 17.1. The van der Waals surface area contributed by atoms with E-state index in [2.05, 4.69) is 23.2 Å². The van der Waals surface area contributed by atoms with Crippen molar-refractivity contribution < 1.29 is 23.9 Å². The van der Waals surface area contributed by atoms with E-state index in [9.17, 15) is 14.4 Å². The van der Waals surface area contributed by atoms with Gasteiger partial charge in [-0.2, -0.15) is 0 Å². The molecule has 0 aromatic carbocycles. The average Bonchev–Trinajstić information content (AvgIpc) is 2.50. The lowest BCUT2D eigenvalue weighted by atomic mass is 10.1. The van der Waals surface area contributed by atoms with Gasteiger partial charge in [0.15, 0.2) is 6.04 Å². The molecule has 0 aromatic rings. The maximum atomic E-state index is 11.9. The first-order valence-corrected chi connectivity index (χ1v) is 7.13. The second-order valence-corrected chi connectivity index (χ2v) is 5.07. The molecule has 0 unspecified atom stereocenters. The fraction of sp³-hybridized carbons (Fsp3) is 0.562. The Balaban J connectivity index is 4.62. The van der Waals surface area contributed by atoms with E-state index in [4.69, 9.17) is 4.74 Å². The summed E-state index contributed by atoms with van der Waals surface area (Å²) in [5, 5.41) is 2.52. The van der Waals surface area contributed by atoms with Crippen LogP contribution in [0.25, 0.3) is 0 Å². The molecule has 0 saturated carbocycles. The summed E-state index contributed by atoms with van der Waals surface area (Å²) >= 11 is 0. The summed E-state index contributed by atoms with van der Waals surface area (Å²) in [5.41, 5.74) is 0. The van der Waals surface area contributed by atoms with Crippen LogP contribution >= 0.6 is 0 Å². The highest BCUT2D eigenvalue weighted by Gasteiger charge is 2.26. The van der Waals surface area contributed by atoms with Crippen LogP contribution in [0.5, 0.6) is 0 Å². The summed E-state index contributed by atoms with van der Waals surface area (Å²) in [6, 6.07) is -1.02. The van der Waals surface area contributed by atoms with Crippen molar-refractivity contribution in [3.05, 3.63) is 25.3 Å². The molecule has 0 aliphatic carbocycles. The van der Waals surface area contributed by atoms with Gasteiger partial charge in [0.25, 0.3) is 0 Å². The predicted octanol–water partition coefficient (Wildman–Crippen LogP) is 1.61. The molecule has 0 aliphatic rings. The van der Waals surface area contributed by atoms with Crippen molar-refractivity contribution in [3.8, 4) is 0 Å². The van der Waals surface area contributed by atoms with E-state index in [-0.39, 0.29) is 24.3 Å². The van der Waals surface area contributed by atoms with Gasteiger partial charge in [0.05, 0.1) is 13.0 Å². The molecule has 0 saturated heterocycles. The van der Waals surface area contributed by atoms with Gasteiger partial charge in [-0.1, -0.05) is 26.0 Å². The SMILES string of the molecule is C=CC[C@H](C)C(=O)N[C@@H](COC(=O)[C@@H](C)CC=C)C(=O)OC. The maximum Gasteiger partial charge on any atom is 0.331 e. The zero-order valence-corrected chi connectivity index (χ0v) is 13.5. The van der Waals surface area contributed by atoms with Crippen molar-refractivity contribution >= 4 is 17.8 Å². The van der Waals surface area contributed by atoms with Crippen molar-refractivity contribution in [3.63, 3.8) is 0 Å². The number of hydrogen-bond donors (Lipinski definition) is 1. The molecule has 0 spiro atoms. The fourth-order valence-corrected chi connectivity index (χ4v) is 1.64. The maximum absolute atomic E-state index is 11.9. The molecular formula is C16H25NO5. The van der Waals surface area contributed by atoms with Gasteiger partial charge >= 0.3 is 11.9 Å². The van der Waals surface area contributed by atoms with Gasteiger partial charge in [0, 0.05) is 5.92 Å². The Kier molecular flexibility index (Phi) is 9.58. The number of carbonyl (C=O) groups is 3. The topological polar surface area (TPSA) is 81.7 Å². The average molecular weight is 311 g/mol. The van der Waals surface area contributed by atoms with Crippen molar-refractivity contribution in [1.29, 1.82) is 0 Å². The number of ether oxygens (including phenoxy) is 2. The van der Waals surface area contributed by atoms with Crippen LogP contribution in [-0.2, 0) is 23.9 Å². The molecule has 6 heteroatoms. The minimum absolute atomic E-state index is 0.264. The molecule has 0 heterocycles. The summed E-state index contributed by atoms with van der Waals surface area (Å²) < 4.78 is 9.67. The first kappa shape index (κ1) is 19.9. The lowest BCUT2D eigenvalue weighted by Gasteiger charge is -2.19. The lowest BCUT2D eigenvalue weighted by molar-refractivity contribution is -0.154. The monoisotopic (exact) mass is 311 g/mol. The van der Waals surface area contributed by atoms with E-state index in [0.717, 1.165) is 0 Å². The number of allylic oxidation sites excluding steroid dienone is 2. The van der Waals surface area contributed by atoms with Crippen LogP contribution in [-0.4, -0.2) is 37.6 Å². The number of rotatable bonds is 10. The van der Waals surface area contributed by atoms with E-state index in [1.165, 1.54) is 7.11 Å². The fourth-order valence-electron chi connectivity index (χ4n) is 1.64. The number of esters is 2. The van der Waals surface area contributed by atoms with Crippen LogP contribution in [0.1, 0.15) is 26.7 Å². The highest BCUT2D eigenvalue weighted by molar-refractivity contribution is 5.86. The molecule has 1 N–H and O–H groups in total. The second kappa shape index (κ2) is 10.6. The van der Waals surface area contributed by atoms with Crippen LogP contribution in [0.3, 0.4) is 0 Å². The van der Waals surface area contributed by atoms with Crippen LogP contribution in [0, 0.1) is 11.8 Å². The zero-order valence-electron chi connectivity index (χ0n) is 13.5. The molecule has 6 nitrogen and oxygen atoms in total. The molecule has 1 amide bonds. The normalized spacial score (nSPS) is 14.1. The van der Waals surface area contributed by atoms with Gasteiger partial charge < -0.3 is 14.8 Å². The van der Waals surface area contributed by atoms with Crippen LogP contribution in [0.4, 0.5) is 0 Å². The molecule has 0 aliphatic heterocycles. The Morgan fingerprint density at radius 3 is 2.09 bits per heavy atom. The van der Waals surface area contributed by atoms with Crippen molar-refractivity contribution in [2.75, 3.05) is 13.7 Å². The smallest absolute Gasteiger partial charge is 0.331 e. The van der Waals surface area contributed by atoms with E-state index in [0.29, 0.717) is 12.8 Å². The van der Waals surface area contributed by atoms with Gasteiger partial charge in [-0.3, -0.25) is 9.59 Å². The molecule has 0 bridgehead atoms. The number of hydrogen-bond acceptors (Lipinski definition) is 5. The molecule has 0 fully saturated rings. The Labute approximate surface area is 131 Å². The highest BCUT2D eigenvalue weighted by Crippen LogP contribution is 2.07. The van der Waals surface area contributed by atoms with Gasteiger partial charge in [-0.05, 0) is 12.8 Å². The standard InChI is InChI=1S/C16H25NO5/c1-6-8-11(3)14(18)17-13(16(20)21-5)10-22-15(19)12(4)9-7-2/h6-7,11-13H,1-2,8-10H2,3-5H3,(H,17,18)/t11-,12-,13-/m0/s1. The molecule has 0 rings (SSSR count). The van der Waals surface area contributed by atoms with E-state index in [1.54, 1.807) is 26.0 Å². The molecular weight excluding hydrogens is 286 g/mol. The van der Waals surface area contributed by atoms with Crippen LogP contribution < -0.4 is 5.32 Å². The van der Waals surface area contributed by atoms with Crippen molar-refractivity contribution in [1.82, 2.24) is 5.32 Å². The largest absolute Gasteiger partial charge is 0.467 e. The molecule has 0 radical (unpaired) electrons. The molecule has 22 heavy (non-hydrogen) atoms. The Bertz CT molecular complexity index is 419. The number of carbonyl (C=O) groups excluding carboxylic acids is 3. The first-order valence-electron chi connectivity index (χ1n) is 7.13. The number of methoxy groups -OCH3 is 1. The van der Waals surface area contributed by atoms with E-state index in [1.807, 2.05) is 0 Å². The third-order valence-electron chi connectivity index (χ3n) is 3.08. The minimum Gasteiger partial charge on any atom is -0.467 e. The Morgan fingerprint density at radius 2 is 1.59 bits per heavy atom. The minimum atomic E-state index is -1.02. The van der Waals surface area contributed by atoms with E-state index >= 15 is 0 Å². The summed E-state index contributed by atoms with van der Waals surface area (Å²) in [4.78, 5) is 35.3. The quantitative estimate of drug-likeness (QED) is 0.489. The summed E-state index contributed by atoms with van der Waals surface area (Å²) in [5.74, 6) is -2.14. The molecule has 3 atom stereocenters. The van der Waals surface area contributed by atoms with Crippen LogP contribution in [0.15, 0.2) is 25.3 Å². The van der Waals surface area contributed by atoms with Gasteiger partial charge in [-0.25, -0.2) is 4.79 Å². The van der Waals surface area contributed by atoms with Crippen molar-refractivity contribution in [2.45, 2.75) is 32.7 Å². The predicted molar refractivity (Wildman–Crippen MR) is 82.9 cm³/mol. The Hall–Kier alpha value is -2.11. The lowest BCUT2D eigenvalue weighted by Crippen LogP contribution is -2.47. The second-order valence-electron chi connectivity index (χ2n) is 5.07. The summed E-state index contributed by atoms with van der Waals surface area (Å²) in [6.07, 6.45) is 4.19. The third-order valence-corrected chi connectivity index (χ3v) is 3.08. The van der Waals surface area contributed by atoms with E-state index < -0.39 is 18.0 Å². The number of amides is 1. The number of nitrogens with one attached hydrogen (secondary N) is 1. The first-order chi connectivity index (χ1) is 10.4. The van der Waals surface area contributed by atoms with Crippen molar-refractivity contribution in [2.24, 2.45) is 11.8 Å². The van der Waals surface area contributed by atoms with Gasteiger partial charge in [-0.15, -0.1) is 13.2 Å². The van der Waals surface area contributed by atoms with Crippen LogP contribution in [0.2, 0.25) is 0 Å². The van der Waals surface area contributed by atoms with Gasteiger partial charge in [0.2, 0.25) is 5.91 Å². The molecule has 124 valence electrons.